The molecule has 2 rings (SSSR count). The minimum absolute atomic E-state index is 0.486. The lowest BCUT2D eigenvalue weighted by Gasteiger charge is -2.24. The van der Waals surface area contributed by atoms with Crippen molar-refractivity contribution >= 4 is 5.95 Å². The van der Waals surface area contributed by atoms with E-state index in [2.05, 4.69) is 48.0 Å². The number of anilines is 1. The molecule has 4 nitrogen and oxygen atoms in total. The van der Waals surface area contributed by atoms with Crippen molar-refractivity contribution in [3.63, 3.8) is 0 Å². The fourth-order valence-electron chi connectivity index (χ4n) is 2.59. The maximum Gasteiger partial charge on any atom is 0.225 e. The molecule has 0 atom stereocenters. The first kappa shape index (κ1) is 14.3. The third kappa shape index (κ3) is 3.66. The predicted octanol–water partition coefficient (Wildman–Crippen LogP) is 2.66. The first-order chi connectivity index (χ1) is 9.08. The van der Waals surface area contributed by atoms with Crippen LogP contribution in [0.2, 0.25) is 0 Å². The molecule has 0 spiro atoms. The maximum atomic E-state index is 4.67. The minimum Gasteiger partial charge on any atom is -0.341 e. The SMILES string of the molecule is Cc1nc(N(C)C2CCCC2)ncc1CNC(C)C. The summed E-state index contributed by atoms with van der Waals surface area (Å²) in [5, 5.41) is 3.41. The van der Waals surface area contributed by atoms with Gasteiger partial charge in [0.05, 0.1) is 0 Å². The highest BCUT2D eigenvalue weighted by molar-refractivity contribution is 5.33. The molecule has 106 valence electrons. The van der Waals surface area contributed by atoms with E-state index in [-0.39, 0.29) is 0 Å². The number of hydrogen-bond donors (Lipinski definition) is 1. The van der Waals surface area contributed by atoms with Crippen LogP contribution < -0.4 is 10.2 Å². The van der Waals surface area contributed by atoms with Crippen molar-refractivity contribution < 1.29 is 0 Å². The second kappa shape index (κ2) is 6.33. The Morgan fingerprint density at radius 1 is 1.37 bits per heavy atom. The van der Waals surface area contributed by atoms with Gasteiger partial charge in [0, 0.05) is 43.1 Å². The van der Waals surface area contributed by atoms with Crippen LogP contribution in [0, 0.1) is 6.92 Å². The van der Waals surface area contributed by atoms with Gasteiger partial charge >= 0.3 is 0 Å². The Morgan fingerprint density at radius 3 is 2.63 bits per heavy atom. The average Bonchev–Trinajstić information content (AvgIpc) is 2.90. The average molecular weight is 262 g/mol. The highest BCUT2D eigenvalue weighted by atomic mass is 15.3. The lowest BCUT2D eigenvalue weighted by Crippen LogP contribution is -2.31. The van der Waals surface area contributed by atoms with Crippen LogP contribution in [-0.2, 0) is 6.54 Å². The summed E-state index contributed by atoms with van der Waals surface area (Å²) >= 11 is 0. The molecule has 0 bridgehead atoms. The van der Waals surface area contributed by atoms with Crippen molar-refractivity contribution in [1.29, 1.82) is 0 Å². The zero-order chi connectivity index (χ0) is 13.8. The van der Waals surface area contributed by atoms with Crippen LogP contribution in [0.15, 0.2) is 6.20 Å². The number of hydrogen-bond acceptors (Lipinski definition) is 4. The molecular weight excluding hydrogens is 236 g/mol. The number of nitrogens with zero attached hydrogens (tertiary/aromatic N) is 3. The summed E-state index contributed by atoms with van der Waals surface area (Å²) in [4.78, 5) is 11.5. The van der Waals surface area contributed by atoms with Gasteiger partial charge in [-0.3, -0.25) is 0 Å². The molecule has 1 aliphatic rings. The van der Waals surface area contributed by atoms with Gasteiger partial charge < -0.3 is 10.2 Å². The second-order valence-corrected chi connectivity index (χ2v) is 5.87. The van der Waals surface area contributed by atoms with E-state index in [0.717, 1.165) is 18.2 Å². The molecule has 0 radical (unpaired) electrons. The summed E-state index contributed by atoms with van der Waals surface area (Å²) < 4.78 is 0. The number of rotatable bonds is 5. The molecule has 1 fully saturated rings. The molecular formula is C15H26N4. The Bertz CT molecular complexity index is 411. The highest BCUT2D eigenvalue weighted by Gasteiger charge is 2.21. The fourth-order valence-corrected chi connectivity index (χ4v) is 2.59. The minimum atomic E-state index is 0.486. The molecule has 1 saturated carbocycles. The Hall–Kier alpha value is -1.16. The molecule has 0 unspecified atom stereocenters. The van der Waals surface area contributed by atoms with E-state index in [1.54, 1.807) is 0 Å². The van der Waals surface area contributed by atoms with E-state index < -0.39 is 0 Å². The highest BCUT2D eigenvalue weighted by Crippen LogP contribution is 2.25. The second-order valence-electron chi connectivity index (χ2n) is 5.87. The zero-order valence-corrected chi connectivity index (χ0v) is 12.6. The molecule has 1 aromatic heterocycles. The summed E-state index contributed by atoms with van der Waals surface area (Å²) in [6, 6.07) is 1.11. The third-order valence-electron chi connectivity index (χ3n) is 3.96. The monoisotopic (exact) mass is 262 g/mol. The molecule has 1 aromatic rings. The van der Waals surface area contributed by atoms with Gasteiger partial charge in [-0.05, 0) is 19.8 Å². The van der Waals surface area contributed by atoms with Crippen LogP contribution in [-0.4, -0.2) is 29.1 Å². The van der Waals surface area contributed by atoms with Crippen molar-refractivity contribution in [2.45, 2.75) is 65.1 Å². The van der Waals surface area contributed by atoms with Crippen molar-refractivity contribution in [3.05, 3.63) is 17.5 Å². The Balaban J connectivity index is 2.05. The first-order valence-corrected chi connectivity index (χ1v) is 7.36. The Kier molecular flexibility index (Phi) is 4.75. The summed E-state index contributed by atoms with van der Waals surface area (Å²) in [6.07, 6.45) is 7.19. The lowest BCUT2D eigenvalue weighted by molar-refractivity contribution is 0.583. The van der Waals surface area contributed by atoms with Crippen molar-refractivity contribution in [3.8, 4) is 0 Å². The fraction of sp³-hybridized carbons (Fsp3) is 0.733. The van der Waals surface area contributed by atoms with Crippen molar-refractivity contribution in [2.24, 2.45) is 0 Å². The summed E-state index contributed by atoms with van der Waals surface area (Å²) in [5.41, 5.74) is 2.28. The van der Waals surface area contributed by atoms with Crippen LogP contribution in [0.4, 0.5) is 5.95 Å². The van der Waals surface area contributed by atoms with Gasteiger partial charge in [-0.25, -0.2) is 9.97 Å². The smallest absolute Gasteiger partial charge is 0.225 e. The van der Waals surface area contributed by atoms with Crippen LogP contribution in [0.5, 0.6) is 0 Å². The quantitative estimate of drug-likeness (QED) is 0.885. The van der Waals surface area contributed by atoms with E-state index in [1.165, 1.54) is 31.2 Å². The van der Waals surface area contributed by atoms with Crippen molar-refractivity contribution in [2.75, 3.05) is 11.9 Å². The Labute approximate surface area is 116 Å². The molecule has 19 heavy (non-hydrogen) atoms. The third-order valence-corrected chi connectivity index (χ3v) is 3.96. The molecule has 4 heteroatoms. The zero-order valence-electron chi connectivity index (χ0n) is 12.6. The van der Waals surface area contributed by atoms with E-state index >= 15 is 0 Å². The maximum absolute atomic E-state index is 4.67. The summed E-state index contributed by atoms with van der Waals surface area (Å²) in [6.45, 7) is 7.22. The van der Waals surface area contributed by atoms with Crippen molar-refractivity contribution in [1.82, 2.24) is 15.3 Å². The van der Waals surface area contributed by atoms with Gasteiger partial charge in [-0.1, -0.05) is 26.7 Å². The molecule has 0 aliphatic heterocycles. The molecule has 0 saturated heterocycles. The first-order valence-electron chi connectivity index (χ1n) is 7.36. The van der Waals surface area contributed by atoms with Crippen LogP contribution in [0.3, 0.4) is 0 Å². The predicted molar refractivity (Wildman–Crippen MR) is 79.4 cm³/mol. The van der Waals surface area contributed by atoms with E-state index in [0.29, 0.717) is 12.1 Å². The Morgan fingerprint density at radius 2 is 2.05 bits per heavy atom. The lowest BCUT2D eigenvalue weighted by atomic mass is 10.2. The molecule has 1 aliphatic carbocycles. The molecule has 1 heterocycles. The van der Waals surface area contributed by atoms with Crippen LogP contribution in [0.1, 0.15) is 50.8 Å². The topological polar surface area (TPSA) is 41.1 Å². The van der Waals surface area contributed by atoms with Gasteiger partial charge in [-0.2, -0.15) is 0 Å². The van der Waals surface area contributed by atoms with Gasteiger partial charge in [-0.15, -0.1) is 0 Å². The number of aromatic nitrogens is 2. The van der Waals surface area contributed by atoms with E-state index in [4.69, 9.17) is 0 Å². The number of aryl methyl sites for hydroxylation is 1. The van der Waals surface area contributed by atoms with E-state index in [1.807, 2.05) is 6.20 Å². The van der Waals surface area contributed by atoms with E-state index in [9.17, 15) is 0 Å². The summed E-state index contributed by atoms with van der Waals surface area (Å²) in [7, 11) is 2.12. The van der Waals surface area contributed by atoms with Gasteiger partial charge in [0.25, 0.3) is 0 Å². The van der Waals surface area contributed by atoms with Gasteiger partial charge in [0.1, 0.15) is 0 Å². The standard InChI is InChI=1S/C15H26N4/c1-11(2)16-9-13-10-17-15(18-12(13)3)19(4)14-7-5-6-8-14/h10-11,14,16H,5-9H2,1-4H3. The summed E-state index contributed by atoms with van der Waals surface area (Å²) in [5.74, 6) is 0.873. The van der Waals surface area contributed by atoms with Gasteiger partial charge in [0.15, 0.2) is 0 Å². The molecule has 1 N–H and O–H groups in total. The largest absolute Gasteiger partial charge is 0.341 e. The molecule has 0 aromatic carbocycles. The van der Waals surface area contributed by atoms with Crippen LogP contribution in [0.25, 0.3) is 0 Å². The normalized spacial score (nSPS) is 16.3. The number of nitrogens with one attached hydrogen (secondary N) is 1. The van der Waals surface area contributed by atoms with Gasteiger partial charge in [0.2, 0.25) is 5.95 Å². The molecule has 0 amide bonds. The van der Waals surface area contributed by atoms with Crippen LogP contribution >= 0.6 is 0 Å².